The number of benzene rings is 1. The number of hydrogen-bond acceptors (Lipinski definition) is 5. The van der Waals surface area contributed by atoms with E-state index in [9.17, 15) is 18.0 Å². The number of rotatable bonds is 9. The highest BCUT2D eigenvalue weighted by Gasteiger charge is 2.45. The second-order valence-electron chi connectivity index (χ2n) is 13.7. The molecule has 2 heterocycles. The summed E-state index contributed by atoms with van der Waals surface area (Å²) in [4.78, 5) is 13.3. The number of epoxide rings is 1. The van der Waals surface area contributed by atoms with Gasteiger partial charge < -0.3 is 22.3 Å². The molecule has 13 heteroatoms. The van der Waals surface area contributed by atoms with Crippen molar-refractivity contribution in [2.75, 3.05) is 18.6 Å². The minimum absolute atomic E-state index is 0.498. The van der Waals surface area contributed by atoms with Gasteiger partial charge in [-0.3, -0.25) is 4.79 Å². The van der Waals surface area contributed by atoms with Crippen LogP contribution in [0.3, 0.4) is 0 Å². The summed E-state index contributed by atoms with van der Waals surface area (Å²) >= 11 is 0. The molecule has 5 unspecified atom stereocenters. The lowest BCUT2D eigenvalue weighted by Gasteiger charge is -2.38. The molecule has 1 aromatic carbocycles. The summed E-state index contributed by atoms with van der Waals surface area (Å²) in [5.74, 6) is -0.239. The van der Waals surface area contributed by atoms with Gasteiger partial charge in [-0.1, -0.05) is 42.9 Å². The summed E-state index contributed by atoms with van der Waals surface area (Å²) in [6, 6.07) is 11.7. The summed E-state index contributed by atoms with van der Waals surface area (Å²) in [7, 11) is -6.43. The smallest absolute Gasteiger partial charge is 0.397 e. The minimum atomic E-state index is -4.52. The predicted octanol–water partition coefficient (Wildman–Crippen LogP) is 7.08. The van der Waals surface area contributed by atoms with Gasteiger partial charge >= 0.3 is 24.0 Å². The second-order valence-corrected chi connectivity index (χ2v) is 28.1. The third-order valence-electron chi connectivity index (χ3n) is 9.40. The highest BCUT2D eigenvalue weighted by Crippen LogP contribution is 2.42. The molecular formula is C29H49F3NO5Si4. The van der Waals surface area contributed by atoms with Gasteiger partial charge in [0.2, 0.25) is 5.91 Å². The van der Waals surface area contributed by atoms with Gasteiger partial charge in [0.05, 0.1) is 20.3 Å². The summed E-state index contributed by atoms with van der Waals surface area (Å²) in [6.07, 6.45) is 1.94. The number of carbonyl (C=O) groups excluding carboxylic acids is 1. The van der Waals surface area contributed by atoms with Gasteiger partial charge in [0.15, 0.2) is 8.32 Å². The summed E-state index contributed by atoms with van der Waals surface area (Å²) in [5, 5.41) is 1.14. The first-order valence-corrected chi connectivity index (χ1v) is 25.9. The molecule has 0 N–H and O–H groups in total. The number of halogens is 3. The molecule has 2 aliphatic heterocycles. The largest absolute Gasteiger partial charge is 0.435 e. The van der Waals surface area contributed by atoms with E-state index in [0.29, 0.717) is 23.8 Å². The van der Waals surface area contributed by atoms with Crippen molar-refractivity contribution in [1.29, 1.82) is 0 Å². The molecule has 1 aromatic rings. The Morgan fingerprint density at radius 2 is 1.88 bits per heavy atom. The Hall–Kier alpha value is -0.812. The molecule has 1 amide bonds. The fourth-order valence-corrected chi connectivity index (χ4v) is 22.5. The van der Waals surface area contributed by atoms with Crippen LogP contribution in [0.2, 0.25) is 56.9 Å². The Balaban J connectivity index is 1.36. The van der Waals surface area contributed by atoms with Crippen LogP contribution in [0.5, 0.6) is 0 Å². The Kier molecular flexibility index (Phi) is 11.1. The van der Waals surface area contributed by atoms with Crippen molar-refractivity contribution in [3.8, 4) is 0 Å². The van der Waals surface area contributed by atoms with Crippen molar-refractivity contribution in [2.24, 2.45) is 5.92 Å². The summed E-state index contributed by atoms with van der Waals surface area (Å²) in [5.41, 5.74) is 0.509. The van der Waals surface area contributed by atoms with Crippen LogP contribution < -0.4 is 10.1 Å². The van der Waals surface area contributed by atoms with E-state index in [1.165, 1.54) is 26.3 Å². The summed E-state index contributed by atoms with van der Waals surface area (Å²) in [6.45, 7) is 12.1. The van der Waals surface area contributed by atoms with E-state index in [-0.39, 0.29) is 0 Å². The van der Waals surface area contributed by atoms with E-state index in [0.717, 1.165) is 60.1 Å². The van der Waals surface area contributed by atoms with Crippen molar-refractivity contribution >= 4 is 51.0 Å². The van der Waals surface area contributed by atoms with Crippen LogP contribution in [0.4, 0.5) is 18.9 Å². The molecule has 5 atom stereocenters. The highest BCUT2D eigenvalue weighted by atomic mass is 28.5. The van der Waals surface area contributed by atoms with Crippen LogP contribution in [0.1, 0.15) is 44.9 Å². The Labute approximate surface area is 254 Å². The van der Waals surface area contributed by atoms with Gasteiger partial charge in [-0.05, 0) is 87.9 Å². The van der Waals surface area contributed by atoms with E-state index >= 15 is 0 Å². The molecule has 2 saturated heterocycles. The van der Waals surface area contributed by atoms with Crippen LogP contribution in [0.15, 0.2) is 24.3 Å². The molecule has 3 fully saturated rings. The maximum Gasteiger partial charge on any atom is 0.397 e. The Morgan fingerprint density at radius 1 is 1.12 bits per heavy atom. The molecule has 3 aliphatic rings. The van der Waals surface area contributed by atoms with Crippen molar-refractivity contribution < 1.29 is 35.4 Å². The molecule has 42 heavy (non-hydrogen) atoms. The first-order chi connectivity index (χ1) is 19.6. The topological polar surface area (TPSA) is 60.5 Å². The molecule has 4 rings (SSSR count). The molecule has 0 spiro atoms. The third kappa shape index (κ3) is 9.85. The average Bonchev–Trinajstić information content (AvgIpc) is 3.68. The number of anilines is 1. The van der Waals surface area contributed by atoms with Crippen LogP contribution in [0.25, 0.3) is 0 Å². The van der Waals surface area contributed by atoms with E-state index in [4.69, 9.17) is 17.4 Å². The normalized spacial score (nSPS) is 31.3. The Bertz CT molecular complexity index is 1080. The SMILES string of the molecule is CN(C(=O)CC(F)(F)F)c1cccc([Si](C)(C)CC[Si]2(C)CCCCO[Si](C)(CCC3CCC4OC4C3)O[Si](C)O2)c1. The molecule has 1 saturated carbocycles. The monoisotopic (exact) mass is 660 g/mol. The van der Waals surface area contributed by atoms with E-state index in [2.05, 4.69) is 38.8 Å². The zero-order chi connectivity index (χ0) is 30.8. The molecule has 0 bridgehead atoms. The lowest BCUT2D eigenvalue weighted by molar-refractivity contribution is -0.151. The zero-order valence-corrected chi connectivity index (χ0v) is 30.1. The van der Waals surface area contributed by atoms with Crippen molar-refractivity contribution in [1.82, 2.24) is 0 Å². The number of alkyl halides is 3. The van der Waals surface area contributed by atoms with Crippen LogP contribution in [0, 0.1) is 5.92 Å². The highest BCUT2D eigenvalue weighted by molar-refractivity contribution is 6.91. The quantitative estimate of drug-likeness (QED) is 0.209. The molecule has 237 valence electrons. The van der Waals surface area contributed by atoms with Crippen molar-refractivity contribution in [2.45, 2.75) is 120 Å². The molecular weight excluding hydrogens is 612 g/mol. The van der Waals surface area contributed by atoms with Crippen LogP contribution >= 0.6 is 0 Å². The number of fused-ring (bicyclic) bond motifs is 1. The first kappa shape index (κ1) is 34.1. The number of amides is 1. The lowest BCUT2D eigenvalue weighted by atomic mass is 9.88. The van der Waals surface area contributed by atoms with Gasteiger partial charge in [-0.2, -0.15) is 13.2 Å². The van der Waals surface area contributed by atoms with Gasteiger partial charge in [0, 0.05) is 19.3 Å². The first-order valence-electron chi connectivity index (χ1n) is 15.5. The van der Waals surface area contributed by atoms with Gasteiger partial charge in [0.25, 0.3) is 0 Å². The van der Waals surface area contributed by atoms with Gasteiger partial charge in [-0.25, -0.2) is 0 Å². The third-order valence-corrected chi connectivity index (χ3v) is 24.0. The fraction of sp³-hybridized carbons (Fsp3) is 0.759. The molecule has 6 nitrogen and oxygen atoms in total. The standard InChI is InChI=1S/C29H49F3NO5Si4/c1-33(28(34)22-29(30,31)32)24-10-9-11-25(21-24)40(3,4)18-19-41(5)16-8-7-15-35-42(6,38-39(2)37-41)17-14-23-12-13-26-27(20-23)36-26/h9-11,21,23,26-27H,7-8,12-20,22H2,1-6H3. The second kappa shape index (κ2) is 13.7. The maximum absolute atomic E-state index is 12.8. The van der Waals surface area contributed by atoms with E-state index in [1.807, 2.05) is 12.1 Å². The number of nitrogens with zero attached hydrogens (tertiary/aromatic N) is 1. The lowest BCUT2D eigenvalue weighted by Crippen LogP contribution is -2.51. The number of hydrogen-bond donors (Lipinski definition) is 0. The average molecular weight is 661 g/mol. The van der Waals surface area contributed by atoms with Crippen molar-refractivity contribution in [3.63, 3.8) is 0 Å². The number of carbonyl (C=O) groups is 1. The number of ether oxygens (including phenoxy) is 1. The Morgan fingerprint density at radius 3 is 2.60 bits per heavy atom. The van der Waals surface area contributed by atoms with E-state index in [1.54, 1.807) is 6.07 Å². The molecule has 1 aliphatic carbocycles. The predicted molar refractivity (Wildman–Crippen MR) is 170 cm³/mol. The fourth-order valence-electron chi connectivity index (χ4n) is 6.45. The van der Waals surface area contributed by atoms with Crippen molar-refractivity contribution in [3.05, 3.63) is 24.3 Å². The molecule has 0 aromatic heterocycles. The van der Waals surface area contributed by atoms with Crippen LogP contribution in [-0.4, -0.2) is 72.2 Å². The maximum atomic E-state index is 12.8. The molecule has 1 radical (unpaired) electrons. The van der Waals surface area contributed by atoms with E-state index < -0.39 is 52.7 Å². The van der Waals surface area contributed by atoms with Crippen LogP contribution in [-0.2, 0) is 22.2 Å². The zero-order valence-electron chi connectivity index (χ0n) is 26.1. The minimum Gasteiger partial charge on any atom is -0.435 e. The van der Waals surface area contributed by atoms with Gasteiger partial charge in [0.1, 0.15) is 6.42 Å². The summed E-state index contributed by atoms with van der Waals surface area (Å²) < 4.78 is 64.3. The van der Waals surface area contributed by atoms with Gasteiger partial charge in [-0.15, -0.1) is 0 Å².